The second-order valence-corrected chi connectivity index (χ2v) is 3.45. The van der Waals surface area contributed by atoms with Crippen LogP contribution in [0.15, 0.2) is 35.6 Å². The molecule has 1 aromatic heterocycles. The number of benzene rings is 1. The molecule has 2 amide bonds. The molecule has 0 spiro atoms. The summed E-state index contributed by atoms with van der Waals surface area (Å²) >= 11 is 0. The zero-order chi connectivity index (χ0) is 11.5. The molecule has 0 fully saturated rings. The minimum atomic E-state index is -0.670. The molecule has 16 heavy (non-hydrogen) atoms. The maximum Gasteiger partial charge on any atom is 0.332 e. The molecule has 0 radical (unpaired) electrons. The average Bonchev–Trinajstić information content (AvgIpc) is 2.57. The Hall–Kier alpha value is -2.30. The number of nitrogens with one attached hydrogen (secondary N) is 1. The molecule has 0 aliphatic rings. The van der Waals surface area contributed by atoms with Crippen molar-refractivity contribution >= 4 is 23.1 Å². The number of carbonyl (C=O) groups excluding carboxylic acids is 1. The molecule has 0 aliphatic heterocycles. The van der Waals surface area contributed by atoms with Gasteiger partial charge >= 0.3 is 6.03 Å². The summed E-state index contributed by atoms with van der Waals surface area (Å²) in [6.45, 7) is 0. The molecule has 82 valence electrons. The number of hydrogen-bond acceptors (Lipinski definition) is 2. The van der Waals surface area contributed by atoms with E-state index in [9.17, 15) is 4.79 Å². The van der Waals surface area contributed by atoms with Crippen LogP contribution < -0.4 is 11.2 Å². The number of amides is 2. The SMILES string of the molecule is Cn1cc(C=NNC(N)=O)c2ccccc21. The number of fused-ring (bicyclic) bond motifs is 1. The number of rotatable bonds is 2. The van der Waals surface area contributed by atoms with Crippen LogP contribution in [0.2, 0.25) is 0 Å². The van der Waals surface area contributed by atoms with Crippen molar-refractivity contribution in [2.75, 3.05) is 0 Å². The average molecular weight is 216 g/mol. The first-order valence-electron chi connectivity index (χ1n) is 4.81. The summed E-state index contributed by atoms with van der Waals surface area (Å²) in [5.41, 5.74) is 9.12. The van der Waals surface area contributed by atoms with Gasteiger partial charge in [0.05, 0.1) is 6.21 Å². The van der Waals surface area contributed by atoms with Gasteiger partial charge in [0, 0.05) is 29.7 Å². The summed E-state index contributed by atoms with van der Waals surface area (Å²) in [6.07, 6.45) is 3.52. The van der Waals surface area contributed by atoms with Gasteiger partial charge in [0.1, 0.15) is 0 Å². The topological polar surface area (TPSA) is 72.4 Å². The third kappa shape index (κ3) is 1.88. The molecule has 3 N–H and O–H groups in total. The van der Waals surface area contributed by atoms with Crippen LogP contribution in [-0.4, -0.2) is 16.8 Å². The van der Waals surface area contributed by atoms with Crippen LogP contribution in [0.5, 0.6) is 0 Å². The Labute approximate surface area is 92.5 Å². The molecule has 2 aromatic rings. The Kier molecular flexibility index (Phi) is 2.59. The Morgan fingerprint density at radius 2 is 2.25 bits per heavy atom. The molecule has 1 heterocycles. The summed E-state index contributed by atoms with van der Waals surface area (Å²) in [5.74, 6) is 0. The fraction of sp³-hybridized carbons (Fsp3) is 0.0909. The number of carbonyl (C=O) groups is 1. The third-order valence-corrected chi connectivity index (χ3v) is 2.31. The summed E-state index contributed by atoms with van der Waals surface area (Å²) in [4.78, 5) is 10.5. The van der Waals surface area contributed by atoms with Gasteiger partial charge in [-0.3, -0.25) is 0 Å². The van der Waals surface area contributed by atoms with Crippen LogP contribution in [0, 0.1) is 0 Å². The lowest BCUT2D eigenvalue weighted by Crippen LogP contribution is -2.24. The Morgan fingerprint density at radius 1 is 1.50 bits per heavy atom. The van der Waals surface area contributed by atoms with Gasteiger partial charge in [-0.1, -0.05) is 18.2 Å². The van der Waals surface area contributed by atoms with E-state index in [1.54, 1.807) is 6.21 Å². The number of hydrazone groups is 1. The summed E-state index contributed by atoms with van der Waals surface area (Å²) in [7, 11) is 1.96. The Bertz CT molecular complexity index is 556. The van der Waals surface area contributed by atoms with Gasteiger partial charge in [-0.05, 0) is 6.07 Å². The van der Waals surface area contributed by atoms with E-state index in [0.717, 1.165) is 16.5 Å². The van der Waals surface area contributed by atoms with E-state index in [-0.39, 0.29) is 0 Å². The number of hydrogen-bond donors (Lipinski definition) is 2. The monoisotopic (exact) mass is 216 g/mol. The van der Waals surface area contributed by atoms with E-state index < -0.39 is 6.03 Å². The molecule has 5 heteroatoms. The number of para-hydroxylation sites is 1. The van der Waals surface area contributed by atoms with Crippen molar-refractivity contribution in [1.29, 1.82) is 0 Å². The first-order chi connectivity index (χ1) is 7.68. The van der Waals surface area contributed by atoms with Crippen molar-refractivity contribution in [3.8, 4) is 0 Å². The van der Waals surface area contributed by atoms with E-state index in [2.05, 4.69) is 10.5 Å². The van der Waals surface area contributed by atoms with Crippen molar-refractivity contribution in [2.45, 2.75) is 0 Å². The van der Waals surface area contributed by atoms with Crippen molar-refractivity contribution in [1.82, 2.24) is 9.99 Å². The maximum absolute atomic E-state index is 10.5. The molecule has 2 rings (SSSR count). The van der Waals surface area contributed by atoms with Gasteiger partial charge in [-0.2, -0.15) is 5.10 Å². The molecule has 5 nitrogen and oxygen atoms in total. The lowest BCUT2D eigenvalue weighted by Gasteiger charge is -1.93. The smallest absolute Gasteiger partial charge is 0.332 e. The number of aryl methyl sites for hydroxylation is 1. The fourth-order valence-corrected chi connectivity index (χ4v) is 1.64. The molecule has 1 aromatic carbocycles. The van der Waals surface area contributed by atoms with E-state index >= 15 is 0 Å². The van der Waals surface area contributed by atoms with Crippen molar-refractivity contribution in [3.63, 3.8) is 0 Å². The summed E-state index contributed by atoms with van der Waals surface area (Å²) < 4.78 is 2.00. The number of aromatic nitrogens is 1. The first-order valence-corrected chi connectivity index (χ1v) is 4.81. The van der Waals surface area contributed by atoms with Crippen LogP contribution in [0.25, 0.3) is 10.9 Å². The normalized spacial score (nSPS) is 11.1. The Balaban J connectivity index is 2.38. The number of nitrogens with two attached hydrogens (primary N) is 1. The van der Waals surface area contributed by atoms with E-state index in [1.165, 1.54) is 0 Å². The molecule has 0 saturated heterocycles. The molecule has 0 unspecified atom stereocenters. The van der Waals surface area contributed by atoms with Crippen LogP contribution in [0.3, 0.4) is 0 Å². The predicted molar refractivity (Wildman–Crippen MR) is 63.2 cm³/mol. The van der Waals surface area contributed by atoms with Gasteiger partial charge in [0.25, 0.3) is 0 Å². The standard InChI is InChI=1S/C11H12N4O/c1-15-7-8(6-13-14-11(12)16)9-4-2-3-5-10(9)15/h2-7H,1H3,(H3,12,14,16). The first kappa shape index (κ1) is 10.2. The zero-order valence-electron chi connectivity index (χ0n) is 8.84. The van der Waals surface area contributed by atoms with E-state index in [4.69, 9.17) is 5.73 Å². The highest BCUT2D eigenvalue weighted by atomic mass is 16.2. The van der Waals surface area contributed by atoms with Gasteiger partial charge in [-0.25, -0.2) is 10.2 Å². The van der Waals surface area contributed by atoms with Gasteiger partial charge < -0.3 is 10.3 Å². The maximum atomic E-state index is 10.5. The molecule has 0 aliphatic carbocycles. The van der Waals surface area contributed by atoms with Crippen LogP contribution >= 0.6 is 0 Å². The minimum absolute atomic E-state index is 0.670. The van der Waals surface area contributed by atoms with E-state index in [1.807, 2.05) is 42.1 Å². The zero-order valence-corrected chi connectivity index (χ0v) is 8.84. The highest BCUT2D eigenvalue weighted by Gasteiger charge is 2.02. The van der Waals surface area contributed by atoms with Crippen LogP contribution in [-0.2, 0) is 7.05 Å². The molecular formula is C11H12N4O. The van der Waals surface area contributed by atoms with Gasteiger partial charge in [0.2, 0.25) is 0 Å². The molecule has 0 bridgehead atoms. The predicted octanol–water partition coefficient (Wildman–Crippen LogP) is 1.18. The second kappa shape index (κ2) is 4.06. The summed E-state index contributed by atoms with van der Waals surface area (Å²) in [5, 5.41) is 4.83. The lowest BCUT2D eigenvalue weighted by molar-refractivity contribution is 0.249. The van der Waals surface area contributed by atoms with Crippen LogP contribution in [0.1, 0.15) is 5.56 Å². The summed E-state index contributed by atoms with van der Waals surface area (Å²) in [6, 6.07) is 7.29. The lowest BCUT2D eigenvalue weighted by atomic mass is 10.2. The Morgan fingerprint density at radius 3 is 3.00 bits per heavy atom. The number of nitrogens with zero attached hydrogens (tertiary/aromatic N) is 2. The van der Waals surface area contributed by atoms with Crippen molar-refractivity contribution in [3.05, 3.63) is 36.0 Å². The third-order valence-electron chi connectivity index (χ3n) is 2.31. The number of urea groups is 1. The second-order valence-electron chi connectivity index (χ2n) is 3.45. The van der Waals surface area contributed by atoms with Crippen LogP contribution in [0.4, 0.5) is 4.79 Å². The number of primary amides is 1. The fourth-order valence-electron chi connectivity index (χ4n) is 1.64. The highest BCUT2D eigenvalue weighted by Crippen LogP contribution is 2.18. The van der Waals surface area contributed by atoms with Gasteiger partial charge in [-0.15, -0.1) is 0 Å². The largest absolute Gasteiger partial charge is 0.350 e. The quantitative estimate of drug-likeness (QED) is 0.574. The van der Waals surface area contributed by atoms with Crippen molar-refractivity contribution < 1.29 is 4.79 Å². The van der Waals surface area contributed by atoms with E-state index in [0.29, 0.717) is 0 Å². The highest BCUT2D eigenvalue weighted by molar-refractivity contribution is 5.99. The van der Waals surface area contributed by atoms with Crippen molar-refractivity contribution in [2.24, 2.45) is 17.9 Å². The minimum Gasteiger partial charge on any atom is -0.350 e. The molecular weight excluding hydrogens is 204 g/mol. The van der Waals surface area contributed by atoms with Gasteiger partial charge in [0.15, 0.2) is 0 Å². The molecule has 0 atom stereocenters. The molecule has 0 saturated carbocycles.